The number of halogens is 2. The molecule has 0 atom stereocenters. The first-order valence-corrected chi connectivity index (χ1v) is 23.7. The van der Waals surface area contributed by atoms with E-state index in [9.17, 15) is 0 Å². The minimum atomic E-state index is -2.06. The van der Waals surface area contributed by atoms with Crippen LogP contribution in [0, 0.1) is 0 Å². The summed E-state index contributed by atoms with van der Waals surface area (Å²) in [5.41, 5.74) is 6.48. The van der Waals surface area contributed by atoms with E-state index in [-0.39, 0.29) is 24.8 Å². The van der Waals surface area contributed by atoms with Crippen molar-refractivity contribution < 1.29 is 46.1 Å². The molecule has 0 unspecified atom stereocenters. The van der Waals surface area contributed by atoms with Gasteiger partial charge >= 0.3 is 213 Å². The molecule has 5 heteroatoms. The molecule has 0 nitrogen and oxygen atoms in total. The zero-order valence-electron chi connectivity index (χ0n) is 22.3. The van der Waals surface area contributed by atoms with Crippen LogP contribution in [0.2, 0.25) is 39.3 Å². The van der Waals surface area contributed by atoms with Gasteiger partial charge in [-0.05, 0) is 0 Å². The van der Waals surface area contributed by atoms with Gasteiger partial charge in [0.15, 0.2) is 0 Å². The third kappa shape index (κ3) is 5.90. The second-order valence-electron chi connectivity index (χ2n) is 12.5. The van der Waals surface area contributed by atoms with Crippen molar-refractivity contribution in [1.29, 1.82) is 0 Å². The number of hydrogen-bond acceptors (Lipinski definition) is 0. The van der Waals surface area contributed by atoms with Crippen LogP contribution in [-0.4, -0.2) is 19.4 Å². The number of hydrogen-bond donors (Lipinski definition) is 0. The van der Waals surface area contributed by atoms with Gasteiger partial charge in [0, 0.05) is 0 Å². The molecule has 0 spiro atoms. The van der Waals surface area contributed by atoms with Gasteiger partial charge in [-0.15, -0.1) is 0 Å². The van der Waals surface area contributed by atoms with Crippen LogP contribution in [0.3, 0.4) is 0 Å². The molecule has 2 aromatic rings. The number of benzene rings is 2. The Labute approximate surface area is 235 Å². The van der Waals surface area contributed by atoms with Gasteiger partial charge in [-0.1, -0.05) is 0 Å². The summed E-state index contributed by atoms with van der Waals surface area (Å²) in [4.78, 5) is 0. The molecule has 0 radical (unpaired) electrons. The maximum absolute atomic E-state index is 2.76. The minimum Gasteiger partial charge on any atom is -1.00 e. The molecule has 0 saturated heterocycles. The van der Waals surface area contributed by atoms with Gasteiger partial charge in [-0.25, -0.2) is 0 Å². The van der Waals surface area contributed by atoms with E-state index in [1.807, 2.05) is 9.76 Å². The molecular formula is C30H40Cl2Si2Zr. The van der Waals surface area contributed by atoms with Crippen LogP contribution in [0.15, 0.2) is 51.8 Å². The Bertz CT molecular complexity index is 1200. The molecule has 5 rings (SSSR count). The summed E-state index contributed by atoms with van der Waals surface area (Å²) in [6, 6.07) is 12.9. The van der Waals surface area contributed by atoms with E-state index < -0.39 is 37.4 Å². The average molecular weight is 619 g/mol. The molecule has 3 aliphatic rings. The van der Waals surface area contributed by atoms with E-state index in [1.54, 1.807) is 32.6 Å². The Morgan fingerprint density at radius 2 is 1.40 bits per heavy atom. The van der Waals surface area contributed by atoms with Crippen molar-refractivity contribution in [2.45, 2.75) is 84.2 Å². The molecule has 0 amide bonds. The Morgan fingerprint density at radius 3 is 2.00 bits per heavy atom. The molecule has 3 aliphatic carbocycles. The van der Waals surface area contributed by atoms with Gasteiger partial charge < -0.3 is 24.8 Å². The second kappa shape index (κ2) is 11.2. The Kier molecular flexibility index (Phi) is 9.36. The average Bonchev–Trinajstić information content (AvgIpc) is 3.41. The van der Waals surface area contributed by atoms with Crippen LogP contribution in [0.1, 0.15) is 49.7 Å². The van der Waals surface area contributed by atoms with E-state index in [0.717, 1.165) is 6.42 Å². The molecule has 2 aromatic carbocycles. The maximum atomic E-state index is 2.76. The summed E-state index contributed by atoms with van der Waals surface area (Å²) >= 11 is -2.06. The maximum Gasteiger partial charge on any atom is -1.00 e. The van der Waals surface area contributed by atoms with Crippen molar-refractivity contribution in [2.75, 3.05) is 0 Å². The van der Waals surface area contributed by atoms with E-state index >= 15 is 0 Å². The predicted octanol–water partition coefficient (Wildman–Crippen LogP) is 0.580. The van der Waals surface area contributed by atoms with Crippen LogP contribution in [0.5, 0.6) is 0 Å². The van der Waals surface area contributed by atoms with Crippen LogP contribution in [-0.2, 0) is 27.7 Å². The zero-order valence-corrected chi connectivity index (χ0v) is 28.3. The fraction of sp³-hybridized carbons (Fsp3) is 0.433. The smallest absolute Gasteiger partial charge is 1.00 e. The van der Waals surface area contributed by atoms with E-state index in [1.165, 1.54) is 38.5 Å². The molecule has 186 valence electrons. The topological polar surface area (TPSA) is 0 Å². The Hall–Kier alpha value is -0.313. The van der Waals surface area contributed by atoms with Gasteiger partial charge in [0.25, 0.3) is 0 Å². The molecule has 1 saturated carbocycles. The van der Waals surface area contributed by atoms with E-state index in [4.69, 9.17) is 0 Å². The standard InChI is InChI=1S/C19H25Si2.C6H10.C5H5.2ClH.Zr/c1-20(2,3)16-9-7-14-11-15-8-10-17(21(4,5)6)13-19(15)18(14)12-16;1-2-4-6-5-3-1;1-2-4-5-3-1;;;/h7,9-10,12-13H,11H2,1-6H3;1-5H2;1-3H,4H2;2*1H;/q;;;;;+2/p-2. The molecule has 0 N–H and O–H groups in total. The van der Waals surface area contributed by atoms with Crippen molar-refractivity contribution in [3.05, 3.63) is 63.0 Å². The number of fused-ring (bicyclic) bond motifs is 3. The number of rotatable bonds is 4. The van der Waals surface area contributed by atoms with Crippen LogP contribution < -0.4 is 38.5 Å². The molecule has 1 fully saturated rings. The van der Waals surface area contributed by atoms with Crippen LogP contribution >= 0.6 is 0 Å². The third-order valence-electron chi connectivity index (χ3n) is 7.92. The summed E-state index contributed by atoms with van der Waals surface area (Å²) in [7, 11) is -2.75. The molecule has 0 heterocycles. The first-order chi connectivity index (χ1) is 15.6. The van der Waals surface area contributed by atoms with E-state index in [0.29, 0.717) is 0 Å². The molecule has 0 bridgehead atoms. The summed E-state index contributed by atoms with van der Waals surface area (Å²) in [6.45, 7) is 15.1. The van der Waals surface area contributed by atoms with Gasteiger partial charge in [0.05, 0.1) is 0 Å². The minimum absolute atomic E-state index is 0. The second-order valence-corrected chi connectivity index (χ2v) is 29.1. The SMILES string of the molecule is C[Si](C)(C)c1ccc2c(c1)-c1cc([Si](C)(C)C)c[c]([Zr+2]([C]3=CC=CC3)=[C]3CCCCC3)c1C2.[Cl-].[Cl-]. The summed E-state index contributed by atoms with van der Waals surface area (Å²) in [6.07, 6.45) is 16.8. The van der Waals surface area contributed by atoms with Crippen molar-refractivity contribution in [1.82, 2.24) is 0 Å². The normalized spacial score (nSPS) is 16.5. The third-order valence-corrected chi connectivity index (χ3v) is 19.9. The Balaban J connectivity index is 0.00000171. The summed E-state index contributed by atoms with van der Waals surface area (Å²) in [5.74, 6) is 0. The van der Waals surface area contributed by atoms with Crippen molar-refractivity contribution in [2.24, 2.45) is 0 Å². The monoisotopic (exact) mass is 616 g/mol. The first-order valence-electron chi connectivity index (χ1n) is 13.0. The molecule has 35 heavy (non-hydrogen) atoms. The van der Waals surface area contributed by atoms with Gasteiger partial charge in [0.1, 0.15) is 0 Å². The fourth-order valence-electron chi connectivity index (χ4n) is 5.85. The largest absolute Gasteiger partial charge is 1.00 e. The Morgan fingerprint density at radius 1 is 0.743 bits per heavy atom. The molecule has 0 aliphatic heterocycles. The molecule has 0 aromatic heterocycles. The van der Waals surface area contributed by atoms with Crippen LogP contribution in [0.4, 0.5) is 0 Å². The van der Waals surface area contributed by atoms with Crippen molar-refractivity contribution >= 4 is 33.0 Å². The van der Waals surface area contributed by atoms with Crippen LogP contribution in [0.25, 0.3) is 11.1 Å². The van der Waals surface area contributed by atoms with Crippen molar-refractivity contribution in [3.8, 4) is 11.1 Å². The van der Waals surface area contributed by atoms with Gasteiger partial charge in [-0.2, -0.15) is 0 Å². The summed E-state index contributed by atoms with van der Waals surface area (Å²) in [5, 5.41) is 3.29. The summed E-state index contributed by atoms with van der Waals surface area (Å²) < 4.78 is 5.69. The predicted molar refractivity (Wildman–Crippen MR) is 150 cm³/mol. The van der Waals surface area contributed by atoms with E-state index in [2.05, 4.69) is 87.8 Å². The van der Waals surface area contributed by atoms with Gasteiger partial charge in [0.2, 0.25) is 0 Å². The van der Waals surface area contributed by atoms with Gasteiger partial charge in [-0.3, -0.25) is 0 Å². The molecular weight excluding hydrogens is 579 g/mol. The first kappa shape index (κ1) is 29.2. The fourth-order valence-corrected chi connectivity index (χ4v) is 17.0. The number of allylic oxidation sites excluding steroid dienone is 4. The van der Waals surface area contributed by atoms with Crippen molar-refractivity contribution in [3.63, 3.8) is 0 Å². The zero-order chi connectivity index (χ0) is 23.4. The quantitative estimate of drug-likeness (QED) is 0.376.